The van der Waals surface area contributed by atoms with Crippen molar-refractivity contribution in [2.75, 3.05) is 26.4 Å². The van der Waals surface area contributed by atoms with E-state index in [4.69, 9.17) is 9.47 Å². The highest BCUT2D eigenvalue weighted by molar-refractivity contribution is 5.81. The van der Waals surface area contributed by atoms with Gasteiger partial charge in [-0.2, -0.15) is 0 Å². The number of rotatable bonds is 4. The molecular formula is C18H24N2O4. The van der Waals surface area contributed by atoms with Gasteiger partial charge in [0, 0.05) is 32.0 Å². The van der Waals surface area contributed by atoms with Gasteiger partial charge < -0.3 is 19.7 Å². The lowest BCUT2D eigenvalue weighted by Crippen LogP contribution is -2.40. The number of nitrogens with one attached hydrogen (secondary N) is 1. The van der Waals surface area contributed by atoms with Crippen molar-refractivity contribution in [2.24, 2.45) is 5.92 Å². The maximum absolute atomic E-state index is 12.4. The molecule has 0 unspecified atom stereocenters. The van der Waals surface area contributed by atoms with Gasteiger partial charge in [0.25, 0.3) is 0 Å². The summed E-state index contributed by atoms with van der Waals surface area (Å²) in [4.78, 5) is 25.5. The zero-order chi connectivity index (χ0) is 17.3. The van der Waals surface area contributed by atoms with Crippen molar-refractivity contribution in [3.05, 3.63) is 23.8 Å². The van der Waals surface area contributed by atoms with Crippen LogP contribution < -0.4 is 14.8 Å². The van der Waals surface area contributed by atoms with E-state index in [0.29, 0.717) is 19.6 Å². The molecule has 1 aromatic carbocycles. The Kier molecular flexibility index (Phi) is 4.39. The highest BCUT2D eigenvalue weighted by Crippen LogP contribution is 2.36. The van der Waals surface area contributed by atoms with Crippen LogP contribution in [0.2, 0.25) is 0 Å². The van der Waals surface area contributed by atoms with E-state index in [2.05, 4.69) is 19.2 Å². The Labute approximate surface area is 142 Å². The molecule has 24 heavy (non-hydrogen) atoms. The predicted molar refractivity (Wildman–Crippen MR) is 89.0 cm³/mol. The number of ether oxygens (including phenoxy) is 2. The zero-order valence-corrected chi connectivity index (χ0v) is 14.4. The van der Waals surface area contributed by atoms with Crippen molar-refractivity contribution in [1.29, 1.82) is 0 Å². The summed E-state index contributed by atoms with van der Waals surface area (Å²) in [6.45, 7) is 7.68. The summed E-state index contributed by atoms with van der Waals surface area (Å²) in [7, 11) is 0. The summed E-state index contributed by atoms with van der Waals surface area (Å²) < 4.78 is 10.8. The SMILES string of the molecule is CC(=O)N1CC[C@H](C(=O)NCC(C)(C)c2ccc3c(c2)OCO3)C1. The minimum atomic E-state index is -0.227. The minimum Gasteiger partial charge on any atom is -0.454 e. The quantitative estimate of drug-likeness (QED) is 0.911. The molecule has 6 heteroatoms. The molecule has 0 bridgehead atoms. The van der Waals surface area contributed by atoms with E-state index in [1.165, 1.54) is 0 Å². The molecule has 1 saturated heterocycles. The van der Waals surface area contributed by atoms with Crippen LogP contribution in [-0.2, 0) is 15.0 Å². The molecule has 2 aliphatic heterocycles. The number of likely N-dealkylation sites (tertiary alicyclic amines) is 1. The van der Waals surface area contributed by atoms with Crippen molar-refractivity contribution in [2.45, 2.75) is 32.6 Å². The van der Waals surface area contributed by atoms with E-state index in [-0.39, 0.29) is 29.9 Å². The van der Waals surface area contributed by atoms with Crippen molar-refractivity contribution < 1.29 is 19.1 Å². The van der Waals surface area contributed by atoms with Crippen molar-refractivity contribution in [1.82, 2.24) is 10.2 Å². The molecule has 130 valence electrons. The van der Waals surface area contributed by atoms with Gasteiger partial charge in [-0.05, 0) is 24.1 Å². The zero-order valence-electron chi connectivity index (χ0n) is 14.4. The van der Waals surface area contributed by atoms with E-state index in [1.54, 1.807) is 11.8 Å². The number of hydrogen-bond acceptors (Lipinski definition) is 4. The molecule has 0 aromatic heterocycles. The van der Waals surface area contributed by atoms with E-state index < -0.39 is 0 Å². The lowest BCUT2D eigenvalue weighted by molar-refractivity contribution is -0.128. The molecule has 1 N–H and O–H groups in total. The van der Waals surface area contributed by atoms with Crippen molar-refractivity contribution >= 4 is 11.8 Å². The molecule has 3 rings (SSSR count). The van der Waals surface area contributed by atoms with E-state index in [0.717, 1.165) is 23.5 Å². The topological polar surface area (TPSA) is 67.9 Å². The number of benzene rings is 1. The third-order valence-corrected chi connectivity index (χ3v) is 4.86. The normalized spacial score (nSPS) is 19.5. The minimum absolute atomic E-state index is 0.0209. The van der Waals surface area contributed by atoms with Gasteiger partial charge in [0.15, 0.2) is 11.5 Å². The fourth-order valence-electron chi connectivity index (χ4n) is 3.13. The van der Waals surface area contributed by atoms with Crippen LogP contribution in [0, 0.1) is 5.92 Å². The van der Waals surface area contributed by atoms with E-state index >= 15 is 0 Å². The summed E-state index contributed by atoms with van der Waals surface area (Å²) in [6, 6.07) is 5.89. The van der Waals surface area contributed by atoms with Crippen LogP contribution in [0.15, 0.2) is 18.2 Å². The molecule has 0 radical (unpaired) electrons. The molecule has 0 spiro atoms. The Morgan fingerprint density at radius 1 is 1.29 bits per heavy atom. The number of amides is 2. The standard InChI is InChI=1S/C18H24N2O4/c1-12(21)20-7-6-13(9-20)17(22)19-10-18(2,3)14-4-5-15-16(8-14)24-11-23-15/h4-5,8,13H,6-7,9-11H2,1-3H3,(H,19,22)/t13-/m0/s1. The smallest absolute Gasteiger partial charge is 0.231 e. The third-order valence-electron chi connectivity index (χ3n) is 4.86. The van der Waals surface area contributed by atoms with Gasteiger partial charge in [0.2, 0.25) is 18.6 Å². The van der Waals surface area contributed by atoms with Crippen LogP contribution >= 0.6 is 0 Å². The van der Waals surface area contributed by atoms with Crippen LogP contribution in [-0.4, -0.2) is 43.1 Å². The number of fused-ring (bicyclic) bond motifs is 1. The molecule has 2 amide bonds. The molecule has 2 aliphatic rings. The van der Waals surface area contributed by atoms with E-state index in [1.807, 2.05) is 18.2 Å². The third kappa shape index (κ3) is 3.32. The van der Waals surface area contributed by atoms with Crippen molar-refractivity contribution in [3.8, 4) is 11.5 Å². The molecule has 0 saturated carbocycles. The van der Waals surface area contributed by atoms with Gasteiger partial charge in [-0.15, -0.1) is 0 Å². The first-order valence-corrected chi connectivity index (χ1v) is 8.30. The van der Waals surface area contributed by atoms with Crippen LogP contribution in [0.25, 0.3) is 0 Å². The maximum Gasteiger partial charge on any atom is 0.231 e. The second-order valence-corrected chi connectivity index (χ2v) is 7.12. The number of carbonyl (C=O) groups excluding carboxylic acids is 2. The number of carbonyl (C=O) groups is 2. The van der Waals surface area contributed by atoms with Gasteiger partial charge in [-0.1, -0.05) is 19.9 Å². The Balaban J connectivity index is 1.59. The van der Waals surface area contributed by atoms with Gasteiger partial charge in [0.05, 0.1) is 5.92 Å². The summed E-state index contributed by atoms with van der Waals surface area (Å²) >= 11 is 0. The molecule has 0 aliphatic carbocycles. The average molecular weight is 332 g/mol. The Bertz CT molecular complexity index is 656. The van der Waals surface area contributed by atoms with Crippen molar-refractivity contribution in [3.63, 3.8) is 0 Å². The first-order valence-electron chi connectivity index (χ1n) is 8.30. The largest absolute Gasteiger partial charge is 0.454 e. The Morgan fingerprint density at radius 2 is 2.04 bits per heavy atom. The van der Waals surface area contributed by atoms with Gasteiger partial charge in [0.1, 0.15) is 0 Å². The highest BCUT2D eigenvalue weighted by atomic mass is 16.7. The predicted octanol–water partition coefficient (Wildman–Crippen LogP) is 1.68. The van der Waals surface area contributed by atoms with Gasteiger partial charge >= 0.3 is 0 Å². The highest BCUT2D eigenvalue weighted by Gasteiger charge is 2.31. The summed E-state index contributed by atoms with van der Waals surface area (Å²) in [5.41, 5.74) is 0.860. The van der Waals surface area contributed by atoms with Crippen LogP contribution in [0.1, 0.15) is 32.8 Å². The lowest BCUT2D eigenvalue weighted by Gasteiger charge is -2.26. The number of nitrogens with zero attached hydrogens (tertiary/aromatic N) is 1. The first kappa shape index (κ1) is 16.6. The summed E-state index contributed by atoms with van der Waals surface area (Å²) in [5.74, 6) is 1.45. The molecular weight excluding hydrogens is 308 g/mol. The Morgan fingerprint density at radius 3 is 2.75 bits per heavy atom. The fraction of sp³-hybridized carbons (Fsp3) is 0.556. The van der Waals surface area contributed by atoms with Crippen LogP contribution in [0.5, 0.6) is 11.5 Å². The Hall–Kier alpha value is -2.24. The second-order valence-electron chi connectivity index (χ2n) is 7.12. The van der Waals surface area contributed by atoms with Crippen LogP contribution in [0.4, 0.5) is 0 Å². The molecule has 1 fully saturated rings. The van der Waals surface area contributed by atoms with Gasteiger partial charge in [-0.25, -0.2) is 0 Å². The van der Waals surface area contributed by atoms with E-state index in [9.17, 15) is 9.59 Å². The summed E-state index contributed by atoms with van der Waals surface area (Å²) in [5, 5.41) is 3.04. The summed E-state index contributed by atoms with van der Waals surface area (Å²) in [6.07, 6.45) is 0.732. The van der Waals surface area contributed by atoms with Gasteiger partial charge in [-0.3, -0.25) is 9.59 Å². The molecule has 1 aromatic rings. The number of hydrogen-bond donors (Lipinski definition) is 1. The first-order chi connectivity index (χ1) is 11.4. The average Bonchev–Trinajstić information content (AvgIpc) is 3.20. The monoisotopic (exact) mass is 332 g/mol. The maximum atomic E-state index is 12.4. The lowest BCUT2D eigenvalue weighted by atomic mass is 9.84. The fourth-order valence-corrected chi connectivity index (χ4v) is 3.13. The van der Waals surface area contributed by atoms with Crippen LogP contribution in [0.3, 0.4) is 0 Å². The molecule has 6 nitrogen and oxygen atoms in total. The second kappa shape index (κ2) is 6.34. The molecule has 2 heterocycles. The molecule has 1 atom stereocenters.